The Kier molecular flexibility index (Phi) is 5.55. The molecular formula is C21H21ClN2O2. The van der Waals surface area contributed by atoms with Crippen LogP contribution in [0.3, 0.4) is 0 Å². The third-order valence-corrected chi connectivity index (χ3v) is 4.27. The lowest BCUT2D eigenvalue weighted by molar-refractivity contribution is 0.0525. The van der Waals surface area contributed by atoms with Crippen LogP contribution in [0.2, 0.25) is 5.02 Å². The molecule has 26 heavy (non-hydrogen) atoms. The third kappa shape index (κ3) is 3.71. The first-order chi connectivity index (χ1) is 12.5. The maximum absolute atomic E-state index is 12.9. The molecule has 0 aliphatic rings. The van der Waals surface area contributed by atoms with Gasteiger partial charge in [0.1, 0.15) is 0 Å². The first-order valence-corrected chi connectivity index (χ1v) is 8.88. The van der Waals surface area contributed by atoms with Crippen LogP contribution in [0.25, 0.3) is 22.0 Å². The summed E-state index contributed by atoms with van der Waals surface area (Å²) in [5, 5.41) is 1.45. The number of fused-ring (bicyclic) bond motifs is 1. The number of benzene rings is 2. The molecule has 3 rings (SSSR count). The van der Waals surface area contributed by atoms with Gasteiger partial charge in [0.25, 0.3) is 0 Å². The highest BCUT2D eigenvalue weighted by molar-refractivity contribution is 6.31. The molecule has 4 nitrogen and oxygen atoms in total. The standard InChI is InChI=1S/C21H21ClN2O2/c1-4-26-21(25)20-18(13-24(2)3)23-17-11-10-15(22)12-16(17)19(20)14-8-6-5-7-9-14/h5-12H,4,13H2,1-3H3. The second-order valence-corrected chi connectivity index (χ2v) is 6.73. The van der Waals surface area contributed by atoms with Crippen molar-refractivity contribution in [3.8, 4) is 11.1 Å². The lowest BCUT2D eigenvalue weighted by Gasteiger charge is -2.19. The molecule has 0 N–H and O–H groups in total. The molecule has 0 aliphatic carbocycles. The van der Waals surface area contributed by atoms with Crippen molar-refractivity contribution < 1.29 is 9.53 Å². The van der Waals surface area contributed by atoms with Crippen LogP contribution in [0.1, 0.15) is 23.0 Å². The summed E-state index contributed by atoms with van der Waals surface area (Å²) >= 11 is 6.24. The molecule has 0 radical (unpaired) electrons. The Morgan fingerprint density at radius 3 is 2.54 bits per heavy atom. The van der Waals surface area contributed by atoms with Crippen molar-refractivity contribution in [1.82, 2.24) is 9.88 Å². The van der Waals surface area contributed by atoms with E-state index in [4.69, 9.17) is 21.3 Å². The van der Waals surface area contributed by atoms with Gasteiger partial charge in [0.05, 0.1) is 23.4 Å². The minimum Gasteiger partial charge on any atom is -0.462 e. The summed E-state index contributed by atoms with van der Waals surface area (Å²) in [5.41, 5.74) is 3.75. The predicted molar refractivity (Wildman–Crippen MR) is 106 cm³/mol. The van der Waals surface area contributed by atoms with Gasteiger partial charge in [0.2, 0.25) is 0 Å². The fourth-order valence-electron chi connectivity index (χ4n) is 3.03. The van der Waals surface area contributed by atoms with E-state index >= 15 is 0 Å². The molecule has 0 fully saturated rings. The molecule has 5 heteroatoms. The highest BCUT2D eigenvalue weighted by Crippen LogP contribution is 2.35. The lowest BCUT2D eigenvalue weighted by atomic mass is 9.94. The van der Waals surface area contributed by atoms with Crippen LogP contribution in [0.4, 0.5) is 0 Å². The molecule has 134 valence electrons. The van der Waals surface area contributed by atoms with Crippen molar-refractivity contribution in [3.05, 3.63) is 64.8 Å². The molecule has 0 bridgehead atoms. The van der Waals surface area contributed by atoms with E-state index in [1.807, 2.05) is 67.5 Å². The molecule has 0 saturated heterocycles. The number of esters is 1. The van der Waals surface area contributed by atoms with Crippen molar-refractivity contribution in [3.63, 3.8) is 0 Å². The van der Waals surface area contributed by atoms with Gasteiger partial charge in [-0.3, -0.25) is 4.98 Å². The number of hydrogen-bond donors (Lipinski definition) is 0. The Morgan fingerprint density at radius 1 is 1.15 bits per heavy atom. The Labute approximate surface area is 158 Å². The average molecular weight is 369 g/mol. The van der Waals surface area contributed by atoms with Crippen molar-refractivity contribution in [2.75, 3.05) is 20.7 Å². The summed E-state index contributed by atoms with van der Waals surface area (Å²) in [6, 6.07) is 15.4. The van der Waals surface area contributed by atoms with Crippen molar-refractivity contribution in [2.24, 2.45) is 0 Å². The molecule has 0 spiro atoms. The Morgan fingerprint density at radius 2 is 1.88 bits per heavy atom. The van der Waals surface area contributed by atoms with Gasteiger partial charge in [-0.1, -0.05) is 41.9 Å². The van der Waals surface area contributed by atoms with E-state index in [0.29, 0.717) is 29.4 Å². The van der Waals surface area contributed by atoms with Gasteiger partial charge in [-0.15, -0.1) is 0 Å². The number of rotatable bonds is 5. The maximum Gasteiger partial charge on any atom is 0.340 e. The summed E-state index contributed by atoms with van der Waals surface area (Å²) < 4.78 is 5.36. The van der Waals surface area contributed by atoms with Crippen LogP contribution in [0.15, 0.2) is 48.5 Å². The zero-order chi connectivity index (χ0) is 18.7. The Hall–Kier alpha value is -2.43. The molecule has 0 amide bonds. The van der Waals surface area contributed by atoms with E-state index in [1.54, 1.807) is 6.92 Å². The normalized spacial score (nSPS) is 11.1. The van der Waals surface area contributed by atoms with Crippen LogP contribution in [-0.2, 0) is 11.3 Å². The molecule has 1 aromatic heterocycles. The molecule has 3 aromatic rings. The number of pyridine rings is 1. The largest absolute Gasteiger partial charge is 0.462 e. The van der Waals surface area contributed by atoms with Gasteiger partial charge in [-0.25, -0.2) is 4.79 Å². The minimum atomic E-state index is -0.363. The van der Waals surface area contributed by atoms with Crippen LogP contribution >= 0.6 is 11.6 Å². The van der Waals surface area contributed by atoms with Crippen molar-refractivity contribution >= 4 is 28.5 Å². The Balaban J connectivity index is 2.41. The molecule has 0 atom stereocenters. The second kappa shape index (κ2) is 7.85. The molecule has 2 aromatic carbocycles. The van der Waals surface area contributed by atoms with Crippen molar-refractivity contribution in [2.45, 2.75) is 13.5 Å². The highest BCUT2D eigenvalue weighted by Gasteiger charge is 2.23. The lowest BCUT2D eigenvalue weighted by Crippen LogP contribution is -2.18. The number of aromatic nitrogens is 1. The van der Waals surface area contributed by atoms with E-state index in [1.165, 1.54) is 0 Å². The van der Waals surface area contributed by atoms with Gasteiger partial charge < -0.3 is 9.64 Å². The van der Waals surface area contributed by atoms with Gasteiger partial charge >= 0.3 is 5.97 Å². The van der Waals surface area contributed by atoms with Gasteiger partial charge in [-0.2, -0.15) is 0 Å². The summed E-state index contributed by atoms with van der Waals surface area (Å²) in [5.74, 6) is -0.363. The van der Waals surface area contributed by atoms with Crippen molar-refractivity contribution in [1.29, 1.82) is 0 Å². The Bertz CT molecular complexity index is 940. The quantitative estimate of drug-likeness (QED) is 0.607. The first kappa shape index (κ1) is 18.4. The van der Waals surface area contributed by atoms with E-state index in [2.05, 4.69) is 0 Å². The fourth-order valence-corrected chi connectivity index (χ4v) is 3.20. The number of carbonyl (C=O) groups is 1. The molecule has 0 aliphatic heterocycles. The minimum absolute atomic E-state index is 0.308. The van der Waals surface area contributed by atoms with Gasteiger partial charge in [-0.05, 0) is 44.8 Å². The number of nitrogens with zero attached hydrogens (tertiary/aromatic N) is 2. The van der Waals surface area contributed by atoms with Gasteiger partial charge in [0, 0.05) is 22.5 Å². The maximum atomic E-state index is 12.9. The van der Waals surface area contributed by atoms with Crippen LogP contribution in [0, 0.1) is 0 Å². The molecule has 1 heterocycles. The molecular weight excluding hydrogens is 348 g/mol. The van der Waals surface area contributed by atoms with E-state index < -0.39 is 0 Å². The van der Waals surface area contributed by atoms with Crippen LogP contribution < -0.4 is 0 Å². The first-order valence-electron chi connectivity index (χ1n) is 8.50. The SMILES string of the molecule is CCOC(=O)c1c(CN(C)C)nc2ccc(Cl)cc2c1-c1ccccc1. The molecule has 0 saturated carbocycles. The van der Waals surface area contributed by atoms with Gasteiger partial charge in [0.15, 0.2) is 0 Å². The summed E-state index contributed by atoms with van der Waals surface area (Å²) in [6.45, 7) is 2.64. The average Bonchev–Trinajstić information content (AvgIpc) is 2.61. The zero-order valence-corrected chi connectivity index (χ0v) is 15.9. The number of carbonyl (C=O) groups excluding carboxylic acids is 1. The smallest absolute Gasteiger partial charge is 0.340 e. The summed E-state index contributed by atoms with van der Waals surface area (Å²) in [4.78, 5) is 19.6. The van der Waals surface area contributed by atoms with E-state index in [-0.39, 0.29) is 5.97 Å². The highest BCUT2D eigenvalue weighted by atomic mass is 35.5. The number of ether oxygens (including phenoxy) is 1. The molecule has 0 unspecified atom stereocenters. The predicted octanol–water partition coefficient (Wildman–Crippen LogP) is 4.79. The zero-order valence-electron chi connectivity index (χ0n) is 15.1. The van der Waals surface area contributed by atoms with E-state index in [0.717, 1.165) is 22.0 Å². The monoisotopic (exact) mass is 368 g/mol. The van der Waals surface area contributed by atoms with E-state index in [9.17, 15) is 4.79 Å². The topological polar surface area (TPSA) is 42.4 Å². The third-order valence-electron chi connectivity index (χ3n) is 4.03. The van der Waals surface area contributed by atoms with Crippen LogP contribution in [0.5, 0.6) is 0 Å². The summed E-state index contributed by atoms with van der Waals surface area (Å²) in [7, 11) is 3.90. The number of halogens is 1. The fraction of sp³-hybridized carbons (Fsp3) is 0.238. The second-order valence-electron chi connectivity index (χ2n) is 6.29. The number of hydrogen-bond acceptors (Lipinski definition) is 4. The van der Waals surface area contributed by atoms with Crippen LogP contribution in [-0.4, -0.2) is 36.6 Å². The summed E-state index contributed by atoms with van der Waals surface area (Å²) in [6.07, 6.45) is 0.